The molecule has 8 heteroatoms. The molecule has 3 aromatic heterocycles. The highest BCUT2D eigenvalue weighted by atomic mass is 16.1. The van der Waals surface area contributed by atoms with Gasteiger partial charge in [0.25, 0.3) is 5.56 Å². The van der Waals surface area contributed by atoms with Gasteiger partial charge in [-0.05, 0) is 31.2 Å². The highest BCUT2D eigenvalue weighted by Gasteiger charge is 2.07. The largest absolute Gasteiger partial charge is 0.324 e. The van der Waals surface area contributed by atoms with Crippen molar-refractivity contribution < 1.29 is 0 Å². The number of hydrogen-bond donors (Lipinski definition) is 2. The first kappa shape index (κ1) is 13.4. The van der Waals surface area contributed by atoms with E-state index in [1.807, 2.05) is 25.1 Å². The standard InChI is InChI=1S/C15H13N7O/c1-2-22-13(23)6-3-9-8-16-15(18-14(9)22)17-10-4-5-11-12(7-10)20-21-19-11/h3-8H,2H2,1H3,(H,16,17,18)(H,19,20,21). The van der Waals surface area contributed by atoms with Crippen molar-refractivity contribution in [1.82, 2.24) is 29.9 Å². The van der Waals surface area contributed by atoms with Gasteiger partial charge in [-0.2, -0.15) is 20.4 Å². The summed E-state index contributed by atoms with van der Waals surface area (Å²) in [4.78, 5) is 20.7. The molecule has 1 aromatic carbocycles. The molecule has 114 valence electrons. The lowest BCUT2D eigenvalue weighted by atomic mass is 10.3. The molecule has 0 aliphatic carbocycles. The summed E-state index contributed by atoms with van der Waals surface area (Å²) in [7, 11) is 0. The third-order valence-corrected chi connectivity index (χ3v) is 3.61. The second-order valence-electron chi connectivity index (χ2n) is 5.04. The number of nitrogens with zero attached hydrogens (tertiary/aromatic N) is 5. The van der Waals surface area contributed by atoms with E-state index < -0.39 is 0 Å². The van der Waals surface area contributed by atoms with Crippen LogP contribution in [0.4, 0.5) is 11.6 Å². The Morgan fingerprint density at radius 2 is 2.04 bits per heavy atom. The second-order valence-corrected chi connectivity index (χ2v) is 5.04. The second kappa shape index (κ2) is 5.16. The molecular weight excluding hydrogens is 294 g/mol. The van der Waals surface area contributed by atoms with Crippen LogP contribution in [-0.2, 0) is 6.54 Å². The Kier molecular flexibility index (Phi) is 3.00. The van der Waals surface area contributed by atoms with E-state index in [1.54, 1.807) is 16.8 Å². The van der Waals surface area contributed by atoms with Crippen molar-refractivity contribution in [3.05, 3.63) is 46.9 Å². The summed E-state index contributed by atoms with van der Waals surface area (Å²) in [5.74, 6) is 0.424. The lowest BCUT2D eigenvalue weighted by Crippen LogP contribution is -2.19. The fraction of sp³-hybridized carbons (Fsp3) is 0.133. The van der Waals surface area contributed by atoms with Crippen molar-refractivity contribution in [2.45, 2.75) is 13.5 Å². The quantitative estimate of drug-likeness (QED) is 0.598. The van der Waals surface area contributed by atoms with E-state index in [2.05, 4.69) is 30.7 Å². The zero-order valence-corrected chi connectivity index (χ0v) is 12.3. The number of H-pyrrole nitrogens is 1. The normalized spacial score (nSPS) is 11.2. The monoisotopic (exact) mass is 307 g/mol. The zero-order valence-electron chi connectivity index (χ0n) is 12.3. The molecule has 2 N–H and O–H groups in total. The summed E-state index contributed by atoms with van der Waals surface area (Å²) in [5, 5.41) is 14.6. The van der Waals surface area contributed by atoms with Gasteiger partial charge < -0.3 is 5.32 Å². The fourth-order valence-corrected chi connectivity index (χ4v) is 2.48. The van der Waals surface area contributed by atoms with E-state index in [4.69, 9.17) is 0 Å². The molecule has 0 aliphatic rings. The fourth-order valence-electron chi connectivity index (χ4n) is 2.48. The molecule has 0 amide bonds. The number of aryl methyl sites for hydroxylation is 1. The van der Waals surface area contributed by atoms with E-state index in [-0.39, 0.29) is 5.56 Å². The number of hydrogen-bond acceptors (Lipinski definition) is 6. The molecule has 0 aliphatic heterocycles. The van der Waals surface area contributed by atoms with Crippen LogP contribution in [-0.4, -0.2) is 29.9 Å². The third kappa shape index (κ3) is 2.30. The van der Waals surface area contributed by atoms with Gasteiger partial charge in [0.1, 0.15) is 16.7 Å². The Bertz CT molecular complexity index is 1070. The first-order valence-corrected chi connectivity index (χ1v) is 7.19. The number of benzene rings is 1. The molecule has 0 spiro atoms. The van der Waals surface area contributed by atoms with E-state index in [0.717, 1.165) is 22.1 Å². The minimum Gasteiger partial charge on any atom is -0.324 e. The molecule has 4 rings (SSSR count). The van der Waals surface area contributed by atoms with E-state index in [1.165, 1.54) is 6.07 Å². The van der Waals surface area contributed by atoms with Gasteiger partial charge in [0.15, 0.2) is 0 Å². The molecule has 8 nitrogen and oxygen atoms in total. The predicted octanol–water partition coefficient (Wildman–Crippen LogP) is 1.83. The maximum Gasteiger partial charge on any atom is 0.252 e. The van der Waals surface area contributed by atoms with Crippen LogP contribution < -0.4 is 10.9 Å². The number of aromatic amines is 1. The Balaban J connectivity index is 1.77. The molecule has 0 saturated heterocycles. The Hall–Kier alpha value is -3.29. The van der Waals surface area contributed by atoms with Gasteiger partial charge >= 0.3 is 0 Å². The minimum atomic E-state index is -0.0753. The molecule has 3 heterocycles. The zero-order chi connectivity index (χ0) is 15.8. The van der Waals surface area contributed by atoms with Crippen LogP contribution in [0.3, 0.4) is 0 Å². The van der Waals surface area contributed by atoms with Crippen LogP contribution in [0.15, 0.2) is 41.3 Å². The number of pyridine rings is 1. The lowest BCUT2D eigenvalue weighted by Gasteiger charge is -2.09. The average molecular weight is 307 g/mol. The Labute approximate surface area is 130 Å². The van der Waals surface area contributed by atoms with Crippen molar-refractivity contribution in [2.24, 2.45) is 0 Å². The van der Waals surface area contributed by atoms with Crippen LogP contribution in [0.2, 0.25) is 0 Å². The van der Waals surface area contributed by atoms with Crippen molar-refractivity contribution in [2.75, 3.05) is 5.32 Å². The van der Waals surface area contributed by atoms with E-state index >= 15 is 0 Å². The van der Waals surface area contributed by atoms with Gasteiger partial charge in [0.2, 0.25) is 5.95 Å². The summed E-state index contributed by atoms with van der Waals surface area (Å²) in [6, 6.07) is 8.83. The number of rotatable bonds is 3. The third-order valence-electron chi connectivity index (χ3n) is 3.61. The number of anilines is 2. The number of aromatic nitrogens is 6. The van der Waals surface area contributed by atoms with Gasteiger partial charge in [0, 0.05) is 29.9 Å². The van der Waals surface area contributed by atoms with Crippen LogP contribution in [0.25, 0.3) is 22.1 Å². The summed E-state index contributed by atoms with van der Waals surface area (Å²) >= 11 is 0. The van der Waals surface area contributed by atoms with Crippen LogP contribution in [0.1, 0.15) is 6.92 Å². The number of nitrogens with one attached hydrogen (secondary N) is 2. The topological polar surface area (TPSA) is 101 Å². The van der Waals surface area contributed by atoms with E-state index in [9.17, 15) is 4.79 Å². The first-order chi connectivity index (χ1) is 11.2. The average Bonchev–Trinajstić information content (AvgIpc) is 3.02. The molecule has 0 saturated carbocycles. The summed E-state index contributed by atoms with van der Waals surface area (Å²) in [6.07, 6.45) is 1.70. The van der Waals surface area contributed by atoms with Gasteiger partial charge in [-0.25, -0.2) is 4.98 Å². The highest BCUT2D eigenvalue weighted by molar-refractivity contribution is 5.80. The molecule has 23 heavy (non-hydrogen) atoms. The molecule has 0 unspecified atom stereocenters. The van der Waals surface area contributed by atoms with Crippen LogP contribution in [0.5, 0.6) is 0 Å². The summed E-state index contributed by atoms with van der Waals surface area (Å²) in [6.45, 7) is 2.46. The maximum absolute atomic E-state index is 11.9. The van der Waals surface area contributed by atoms with Crippen molar-refractivity contribution in [1.29, 1.82) is 0 Å². The molecule has 0 radical (unpaired) electrons. The molecule has 4 aromatic rings. The van der Waals surface area contributed by atoms with Crippen molar-refractivity contribution >= 4 is 33.7 Å². The molecule has 0 atom stereocenters. The molecule has 0 bridgehead atoms. The first-order valence-electron chi connectivity index (χ1n) is 7.19. The lowest BCUT2D eigenvalue weighted by molar-refractivity contribution is 0.749. The van der Waals surface area contributed by atoms with Crippen LogP contribution >= 0.6 is 0 Å². The van der Waals surface area contributed by atoms with Gasteiger partial charge in [-0.1, -0.05) is 0 Å². The molecular formula is C15H13N7O. The Morgan fingerprint density at radius 3 is 2.91 bits per heavy atom. The van der Waals surface area contributed by atoms with Gasteiger partial charge in [0.05, 0.1) is 0 Å². The Morgan fingerprint density at radius 1 is 1.17 bits per heavy atom. The van der Waals surface area contributed by atoms with Crippen LogP contribution in [0, 0.1) is 0 Å². The highest BCUT2D eigenvalue weighted by Crippen LogP contribution is 2.19. The molecule has 0 fully saturated rings. The summed E-state index contributed by atoms with van der Waals surface area (Å²) in [5.41, 5.74) is 2.87. The smallest absolute Gasteiger partial charge is 0.252 e. The predicted molar refractivity (Wildman–Crippen MR) is 86.6 cm³/mol. The minimum absolute atomic E-state index is 0.0753. The summed E-state index contributed by atoms with van der Waals surface area (Å²) < 4.78 is 1.61. The van der Waals surface area contributed by atoms with Crippen molar-refractivity contribution in [3.63, 3.8) is 0 Å². The maximum atomic E-state index is 11.9. The van der Waals surface area contributed by atoms with Gasteiger partial charge in [-0.15, -0.1) is 0 Å². The SMILES string of the molecule is CCn1c(=O)ccc2cnc(Nc3ccc4n[nH]nc4c3)nc21. The van der Waals surface area contributed by atoms with Gasteiger partial charge in [-0.3, -0.25) is 9.36 Å². The van der Waals surface area contributed by atoms with Crippen molar-refractivity contribution in [3.8, 4) is 0 Å². The number of fused-ring (bicyclic) bond motifs is 2. The van der Waals surface area contributed by atoms with E-state index in [0.29, 0.717) is 18.1 Å².